The molecule has 0 amide bonds. The van der Waals surface area contributed by atoms with E-state index in [2.05, 4.69) is 32.9 Å². The molecule has 4 heteroatoms. The van der Waals surface area contributed by atoms with Gasteiger partial charge in [-0.25, -0.2) is 8.42 Å². The molecule has 1 fully saturated rings. The molecule has 0 radical (unpaired) electrons. The van der Waals surface area contributed by atoms with E-state index >= 15 is 0 Å². The second-order valence-electron chi connectivity index (χ2n) is 5.59. The number of sulfone groups is 1. The van der Waals surface area contributed by atoms with Crippen LogP contribution in [0.3, 0.4) is 0 Å². The molecule has 0 bridgehead atoms. The Kier molecular flexibility index (Phi) is 4.19. The molecule has 1 saturated heterocycles. The van der Waals surface area contributed by atoms with Crippen LogP contribution in [-0.2, 0) is 9.84 Å². The summed E-state index contributed by atoms with van der Waals surface area (Å²) in [5.41, 5.74) is 3.78. The second kappa shape index (κ2) is 5.53. The van der Waals surface area contributed by atoms with Gasteiger partial charge in [-0.3, -0.25) is 0 Å². The zero-order valence-electron chi connectivity index (χ0n) is 11.9. The maximum Gasteiger partial charge on any atom is 0.150 e. The molecule has 0 saturated carbocycles. The third-order valence-corrected chi connectivity index (χ3v) is 5.78. The predicted molar refractivity (Wildman–Crippen MR) is 77.5 cm³/mol. The summed E-state index contributed by atoms with van der Waals surface area (Å²) >= 11 is 0. The fourth-order valence-corrected chi connectivity index (χ4v) is 3.99. The monoisotopic (exact) mass is 282 g/mol. The van der Waals surface area contributed by atoms with Gasteiger partial charge in [-0.1, -0.05) is 0 Å². The number of hydrogen-bond acceptors (Lipinski definition) is 3. The Morgan fingerprint density at radius 3 is 2.16 bits per heavy atom. The van der Waals surface area contributed by atoms with E-state index < -0.39 is 9.84 Å². The Labute approximate surface area is 115 Å². The van der Waals surface area contributed by atoms with Crippen molar-refractivity contribution in [2.24, 2.45) is 5.92 Å². The third-order valence-electron chi connectivity index (χ3n) is 4.06. The Morgan fingerprint density at radius 1 is 1.11 bits per heavy atom. The van der Waals surface area contributed by atoms with Crippen molar-refractivity contribution in [1.82, 2.24) is 0 Å². The third kappa shape index (κ3) is 3.72. The maximum atomic E-state index is 11.4. The topological polar surface area (TPSA) is 43.4 Å². The minimum absolute atomic E-state index is 0.312. The summed E-state index contributed by atoms with van der Waals surface area (Å²) in [6, 6.07) is 4.11. The highest BCUT2D eigenvalue weighted by Gasteiger charge is 2.23. The average molecular weight is 282 g/mol. The predicted octanol–water partition coefficient (Wildman–Crippen LogP) is 2.82. The molecule has 1 heterocycles. The normalized spacial score (nSPS) is 19.3. The van der Waals surface area contributed by atoms with Crippen LogP contribution in [0.5, 0.6) is 5.75 Å². The summed E-state index contributed by atoms with van der Waals surface area (Å²) in [4.78, 5) is 0. The van der Waals surface area contributed by atoms with Gasteiger partial charge >= 0.3 is 0 Å². The highest BCUT2D eigenvalue weighted by Crippen LogP contribution is 2.24. The van der Waals surface area contributed by atoms with Crippen molar-refractivity contribution < 1.29 is 13.2 Å². The van der Waals surface area contributed by atoms with Crippen molar-refractivity contribution in [3.05, 3.63) is 28.8 Å². The number of ether oxygens (including phenoxy) is 1. The molecule has 1 aliphatic heterocycles. The Hall–Kier alpha value is -1.03. The van der Waals surface area contributed by atoms with Crippen molar-refractivity contribution in [2.75, 3.05) is 18.1 Å². The molecular formula is C15H22O3S. The number of rotatable bonds is 3. The molecule has 1 aromatic carbocycles. The van der Waals surface area contributed by atoms with Gasteiger partial charge in [0.05, 0.1) is 18.1 Å². The molecule has 0 atom stereocenters. The molecule has 1 aromatic rings. The lowest BCUT2D eigenvalue weighted by molar-refractivity contribution is 0.238. The van der Waals surface area contributed by atoms with Gasteiger partial charge in [0.2, 0.25) is 0 Å². The van der Waals surface area contributed by atoms with Gasteiger partial charge < -0.3 is 4.74 Å². The van der Waals surface area contributed by atoms with Crippen molar-refractivity contribution in [2.45, 2.75) is 33.6 Å². The van der Waals surface area contributed by atoms with Crippen LogP contribution in [-0.4, -0.2) is 26.5 Å². The summed E-state index contributed by atoms with van der Waals surface area (Å²) in [6.07, 6.45) is 1.46. The van der Waals surface area contributed by atoms with E-state index in [9.17, 15) is 8.42 Å². The summed E-state index contributed by atoms with van der Waals surface area (Å²) in [7, 11) is -2.77. The number of benzene rings is 1. The lowest BCUT2D eigenvalue weighted by Gasteiger charge is -2.22. The molecule has 0 N–H and O–H groups in total. The van der Waals surface area contributed by atoms with Crippen molar-refractivity contribution in [3.8, 4) is 5.75 Å². The molecule has 19 heavy (non-hydrogen) atoms. The minimum atomic E-state index is -2.77. The molecule has 0 aromatic heterocycles. The van der Waals surface area contributed by atoms with Crippen LogP contribution in [0.15, 0.2) is 12.1 Å². The van der Waals surface area contributed by atoms with Gasteiger partial charge in [-0.15, -0.1) is 0 Å². The zero-order valence-corrected chi connectivity index (χ0v) is 12.7. The molecule has 0 spiro atoms. The molecule has 3 nitrogen and oxygen atoms in total. The molecule has 1 aliphatic rings. The van der Waals surface area contributed by atoms with E-state index in [1.54, 1.807) is 0 Å². The fraction of sp³-hybridized carbons (Fsp3) is 0.600. The van der Waals surface area contributed by atoms with E-state index in [1.165, 1.54) is 16.7 Å². The molecule has 0 aliphatic carbocycles. The van der Waals surface area contributed by atoms with Crippen LogP contribution in [0.25, 0.3) is 0 Å². The standard InChI is InChI=1S/C15H22O3S/c1-11-8-15(9-12(2)13(11)3)18-10-14-4-6-19(16,17)7-5-14/h8-9,14H,4-7,10H2,1-3H3. The second-order valence-corrected chi connectivity index (χ2v) is 7.89. The Balaban J connectivity index is 1.93. The van der Waals surface area contributed by atoms with E-state index in [1.807, 2.05) is 0 Å². The van der Waals surface area contributed by atoms with E-state index in [-0.39, 0.29) is 0 Å². The van der Waals surface area contributed by atoms with E-state index in [0.29, 0.717) is 24.0 Å². The molecule has 106 valence electrons. The molecule has 0 unspecified atom stereocenters. The van der Waals surface area contributed by atoms with Gasteiger partial charge in [0, 0.05) is 0 Å². The lowest BCUT2D eigenvalue weighted by atomic mass is 10.0. The molecular weight excluding hydrogens is 260 g/mol. The zero-order chi connectivity index (χ0) is 14.0. The fourth-order valence-electron chi connectivity index (χ4n) is 2.40. The van der Waals surface area contributed by atoms with E-state index in [0.717, 1.165) is 18.6 Å². The van der Waals surface area contributed by atoms with Crippen molar-refractivity contribution in [3.63, 3.8) is 0 Å². The highest BCUT2D eigenvalue weighted by atomic mass is 32.2. The average Bonchev–Trinajstić information content (AvgIpc) is 2.34. The van der Waals surface area contributed by atoms with Gasteiger partial charge in [-0.05, 0) is 68.4 Å². The van der Waals surface area contributed by atoms with Gasteiger partial charge in [-0.2, -0.15) is 0 Å². The quantitative estimate of drug-likeness (QED) is 0.856. The summed E-state index contributed by atoms with van der Waals surface area (Å²) in [5, 5.41) is 0. The number of aryl methyl sites for hydroxylation is 2. The van der Waals surface area contributed by atoms with Gasteiger partial charge in [0.15, 0.2) is 0 Å². The largest absolute Gasteiger partial charge is 0.493 e. The first-order valence-corrected chi connectivity index (χ1v) is 8.60. The first-order valence-electron chi connectivity index (χ1n) is 6.78. The highest BCUT2D eigenvalue weighted by molar-refractivity contribution is 7.91. The molecule has 2 rings (SSSR count). The summed E-state index contributed by atoms with van der Waals surface area (Å²) in [5.74, 6) is 1.89. The van der Waals surface area contributed by atoms with Gasteiger partial charge in [0.1, 0.15) is 15.6 Å². The van der Waals surface area contributed by atoms with Crippen molar-refractivity contribution in [1.29, 1.82) is 0 Å². The van der Waals surface area contributed by atoms with Crippen LogP contribution in [0.4, 0.5) is 0 Å². The number of hydrogen-bond donors (Lipinski definition) is 0. The smallest absolute Gasteiger partial charge is 0.150 e. The summed E-state index contributed by atoms with van der Waals surface area (Å²) < 4.78 is 28.5. The van der Waals surface area contributed by atoms with Gasteiger partial charge in [0.25, 0.3) is 0 Å². The first kappa shape index (κ1) is 14.4. The first-order chi connectivity index (χ1) is 8.87. The van der Waals surface area contributed by atoms with E-state index in [4.69, 9.17) is 4.74 Å². The van der Waals surface area contributed by atoms with Crippen LogP contribution in [0.2, 0.25) is 0 Å². The Morgan fingerprint density at radius 2 is 1.63 bits per heavy atom. The lowest BCUT2D eigenvalue weighted by Crippen LogP contribution is -2.26. The maximum absolute atomic E-state index is 11.4. The van der Waals surface area contributed by atoms with Crippen LogP contribution in [0.1, 0.15) is 29.5 Å². The van der Waals surface area contributed by atoms with Crippen LogP contribution < -0.4 is 4.74 Å². The summed E-state index contributed by atoms with van der Waals surface area (Å²) in [6.45, 7) is 6.91. The SMILES string of the molecule is Cc1cc(OCC2CCS(=O)(=O)CC2)cc(C)c1C. The minimum Gasteiger partial charge on any atom is -0.493 e. The van der Waals surface area contributed by atoms with Crippen molar-refractivity contribution >= 4 is 9.84 Å². The Bertz CT molecular complexity index is 524. The van der Waals surface area contributed by atoms with Crippen LogP contribution >= 0.6 is 0 Å². The van der Waals surface area contributed by atoms with Crippen LogP contribution in [0, 0.1) is 26.7 Å².